The molecular weight excluding hydrogens is 383 g/mol. The van der Waals surface area contributed by atoms with Crippen LogP contribution >= 0.6 is 0 Å². The molecule has 5 nitrogen and oxygen atoms in total. The molecule has 5 rings (SSSR count). The number of rotatable bonds is 2. The Kier molecular flexibility index (Phi) is 4.45. The quantitative estimate of drug-likeness (QED) is 0.747. The number of benzene rings is 1. The van der Waals surface area contributed by atoms with Crippen LogP contribution < -0.4 is 4.90 Å². The van der Waals surface area contributed by atoms with Gasteiger partial charge in [0.2, 0.25) is 0 Å². The molecule has 30 heavy (non-hydrogen) atoms. The summed E-state index contributed by atoms with van der Waals surface area (Å²) in [6, 6.07) is 8.92. The summed E-state index contributed by atoms with van der Waals surface area (Å²) >= 11 is 0. The van der Waals surface area contributed by atoms with Crippen LogP contribution in [0.25, 0.3) is 0 Å². The zero-order valence-corrected chi connectivity index (χ0v) is 17.0. The van der Waals surface area contributed by atoms with Crippen LogP contribution in [0.3, 0.4) is 0 Å². The molecule has 0 N–H and O–H groups in total. The van der Waals surface area contributed by atoms with Crippen molar-refractivity contribution in [2.45, 2.75) is 45.3 Å². The molecule has 4 atom stereocenters. The number of ketones is 1. The van der Waals surface area contributed by atoms with E-state index in [2.05, 4.69) is 11.9 Å². The minimum absolute atomic E-state index is 0.0226. The van der Waals surface area contributed by atoms with Crippen molar-refractivity contribution >= 4 is 17.5 Å². The van der Waals surface area contributed by atoms with Crippen LogP contribution in [0, 0.1) is 24.6 Å². The van der Waals surface area contributed by atoms with Gasteiger partial charge in [-0.1, -0.05) is 19.1 Å². The van der Waals surface area contributed by atoms with Gasteiger partial charge >= 0.3 is 0 Å². The third kappa shape index (κ3) is 2.93. The van der Waals surface area contributed by atoms with Crippen molar-refractivity contribution in [1.82, 2.24) is 4.98 Å². The first-order chi connectivity index (χ1) is 14.4. The van der Waals surface area contributed by atoms with Crippen LogP contribution in [-0.2, 0) is 14.3 Å². The summed E-state index contributed by atoms with van der Waals surface area (Å²) in [7, 11) is 0. The third-order valence-corrected chi connectivity index (χ3v) is 6.44. The fourth-order valence-corrected chi connectivity index (χ4v) is 4.93. The Morgan fingerprint density at radius 1 is 1.13 bits per heavy atom. The molecule has 1 aliphatic carbocycles. The van der Waals surface area contributed by atoms with Crippen molar-refractivity contribution in [3.05, 3.63) is 70.9 Å². The van der Waals surface area contributed by atoms with Gasteiger partial charge in [0.1, 0.15) is 17.7 Å². The number of pyridine rings is 1. The van der Waals surface area contributed by atoms with Crippen LogP contribution in [0.2, 0.25) is 0 Å². The SMILES string of the molecule is Cc1ccnc(N2C(=O)C3=C(C(=O)C4CC(C)CCC4O3)C2c2ccc(F)cc2)c1. The Balaban J connectivity index is 1.65. The van der Waals surface area contributed by atoms with Gasteiger partial charge in [0.25, 0.3) is 5.91 Å². The monoisotopic (exact) mass is 406 g/mol. The molecule has 1 amide bonds. The van der Waals surface area contributed by atoms with E-state index in [9.17, 15) is 14.0 Å². The summed E-state index contributed by atoms with van der Waals surface area (Å²) in [6.07, 6.45) is 3.89. The average Bonchev–Trinajstić information content (AvgIpc) is 3.02. The van der Waals surface area contributed by atoms with E-state index in [0.717, 1.165) is 24.8 Å². The zero-order valence-electron chi connectivity index (χ0n) is 17.0. The van der Waals surface area contributed by atoms with E-state index in [1.807, 2.05) is 19.1 Å². The van der Waals surface area contributed by atoms with Gasteiger partial charge in [-0.2, -0.15) is 0 Å². The number of hydrogen-bond acceptors (Lipinski definition) is 4. The van der Waals surface area contributed by atoms with Gasteiger partial charge in [-0.25, -0.2) is 9.37 Å². The number of anilines is 1. The highest BCUT2D eigenvalue weighted by atomic mass is 19.1. The van der Waals surface area contributed by atoms with Crippen molar-refractivity contribution in [2.75, 3.05) is 4.90 Å². The van der Waals surface area contributed by atoms with E-state index in [-0.39, 0.29) is 35.3 Å². The number of aryl methyl sites for hydroxylation is 1. The maximum absolute atomic E-state index is 13.6. The largest absolute Gasteiger partial charge is 0.483 e. The first-order valence-corrected chi connectivity index (χ1v) is 10.4. The van der Waals surface area contributed by atoms with Gasteiger partial charge < -0.3 is 4.74 Å². The number of Topliss-reactive ketones (excluding diaryl/α,β-unsaturated/α-hetero) is 1. The summed E-state index contributed by atoms with van der Waals surface area (Å²) in [5.74, 6) is 0.0359. The van der Waals surface area contributed by atoms with Crippen LogP contribution in [0.4, 0.5) is 10.2 Å². The lowest BCUT2D eigenvalue weighted by Gasteiger charge is -2.37. The molecule has 6 heteroatoms. The highest BCUT2D eigenvalue weighted by Crippen LogP contribution is 2.48. The number of hydrogen-bond donors (Lipinski definition) is 0. The number of ether oxygens (including phenoxy) is 1. The molecule has 154 valence electrons. The molecule has 3 aliphatic rings. The molecule has 1 aromatic carbocycles. The van der Waals surface area contributed by atoms with Crippen LogP contribution in [0.1, 0.15) is 43.4 Å². The van der Waals surface area contributed by atoms with Gasteiger partial charge in [-0.3, -0.25) is 14.5 Å². The first kappa shape index (κ1) is 19.0. The number of fused-ring (bicyclic) bond motifs is 1. The fraction of sp³-hybridized carbons (Fsp3) is 0.375. The lowest BCUT2D eigenvalue weighted by molar-refractivity contribution is -0.132. The molecule has 0 spiro atoms. The lowest BCUT2D eigenvalue weighted by atomic mass is 9.74. The molecular formula is C24H23FN2O3. The average molecular weight is 406 g/mol. The minimum Gasteiger partial charge on any atom is -0.483 e. The smallest absolute Gasteiger partial charge is 0.295 e. The fourth-order valence-electron chi connectivity index (χ4n) is 4.93. The molecule has 3 heterocycles. The number of carbonyl (C=O) groups excluding carboxylic acids is 2. The molecule has 4 unspecified atom stereocenters. The predicted molar refractivity (Wildman–Crippen MR) is 109 cm³/mol. The maximum Gasteiger partial charge on any atom is 0.295 e. The van der Waals surface area contributed by atoms with Gasteiger partial charge in [0.15, 0.2) is 11.5 Å². The summed E-state index contributed by atoms with van der Waals surface area (Å²) in [5, 5.41) is 0. The Labute approximate surface area is 174 Å². The van der Waals surface area contributed by atoms with E-state index in [1.54, 1.807) is 18.3 Å². The van der Waals surface area contributed by atoms with E-state index < -0.39 is 6.04 Å². The van der Waals surface area contributed by atoms with Gasteiger partial charge in [0.05, 0.1) is 17.5 Å². The van der Waals surface area contributed by atoms with Gasteiger partial charge in [-0.15, -0.1) is 0 Å². The molecule has 1 saturated carbocycles. The Bertz CT molecular complexity index is 1060. The van der Waals surface area contributed by atoms with E-state index in [0.29, 0.717) is 22.9 Å². The normalized spacial score (nSPS) is 28.3. The summed E-state index contributed by atoms with van der Waals surface area (Å²) < 4.78 is 19.8. The lowest BCUT2D eigenvalue weighted by Crippen LogP contribution is -2.41. The highest BCUT2D eigenvalue weighted by Gasteiger charge is 2.53. The Morgan fingerprint density at radius 2 is 1.90 bits per heavy atom. The molecule has 2 aromatic rings. The minimum atomic E-state index is -0.673. The highest BCUT2D eigenvalue weighted by molar-refractivity contribution is 6.17. The molecule has 1 aromatic heterocycles. The van der Waals surface area contributed by atoms with Crippen molar-refractivity contribution < 1.29 is 18.7 Å². The second-order valence-corrected chi connectivity index (χ2v) is 8.61. The molecule has 1 fully saturated rings. The van der Waals surface area contributed by atoms with Crippen molar-refractivity contribution in [2.24, 2.45) is 11.8 Å². The van der Waals surface area contributed by atoms with Crippen LogP contribution in [0.5, 0.6) is 0 Å². The Hall–Kier alpha value is -3.02. The third-order valence-electron chi connectivity index (χ3n) is 6.44. The van der Waals surface area contributed by atoms with Gasteiger partial charge in [-0.05, 0) is 67.5 Å². The van der Waals surface area contributed by atoms with Crippen molar-refractivity contribution in [3.63, 3.8) is 0 Å². The van der Waals surface area contributed by atoms with Crippen LogP contribution in [-0.4, -0.2) is 22.8 Å². The molecule has 0 radical (unpaired) electrons. The maximum atomic E-state index is 13.6. The second-order valence-electron chi connectivity index (χ2n) is 8.61. The standard InChI is InChI=1S/C24H23FN2O3/c1-13-3-8-18-17(11-13)22(28)20-21(15-4-6-16(25)7-5-15)27(24(29)23(20)30-18)19-12-14(2)9-10-26-19/h4-7,9-10,12-13,17-18,21H,3,8,11H2,1-2H3. The van der Waals surface area contributed by atoms with Crippen molar-refractivity contribution in [1.29, 1.82) is 0 Å². The summed E-state index contributed by atoms with van der Waals surface area (Å²) in [4.78, 5) is 33.0. The van der Waals surface area contributed by atoms with E-state index >= 15 is 0 Å². The van der Waals surface area contributed by atoms with Crippen molar-refractivity contribution in [3.8, 4) is 0 Å². The van der Waals surface area contributed by atoms with Crippen LogP contribution in [0.15, 0.2) is 53.9 Å². The number of aromatic nitrogens is 1. The number of amides is 1. The Morgan fingerprint density at radius 3 is 2.63 bits per heavy atom. The van der Waals surface area contributed by atoms with E-state index in [1.165, 1.54) is 17.0 Å². The molecule has 2 aliphatic heterocycles. The number of carbonyl (C=O) groups is 2. The number of nitrogens with zero attached hydrogens (tertiary/aromatic N) is 2. The first-order valence-electron chi connectivity index (χ1n) is 10.4. The number of halogens is 1. The second kappa shape index (κ2) is 7.04. The summed E-state index contributed by atoms with van der Waals surface area (Å²) in [6.45, 7) is 4.07. The molecule has 0 saturated heterocycles. The molecule has 0 bridgehead atoms. The predicted octanol–water partition coefficient (Wildman–Crippen LogP) is 4.28. The van der Waals surface area contributed by atoms with Gasteiger partial charge in [0, 0.05) is 6.20 Å². The summed E-state index contributed by atoms with van der Waals surface area (Å²) in [5.41, 5.74) is 1.99. The zero-order chi connectivity index (χ0) is 21.0. The van der Waals surface area contributed by atoms with E-state index in [4.69, 9.17) is 4.74 Å². The topological polar surface area (TPSA) is 59.5 Å².